The Morgan fingerprint density at radius 3 is 2.25 bits per heavy atom. The average Bonchev–Trinajstić information content (AvgIpc) is 2.65. The van der Waals surface area contributed by atoms with E-state index in [1.165, 1.54) is 18.2 Å². The van der Waals surface area contributed by atoms with Crippen LogP contribution in [0, 0.1) is 0 Å². The van der Waals surface area contributed by atoms with Gasteiger partial charge in [0, 0.05) is 0 Å². The summed E-state index contributed by atoms with van der Waals surface area (Å²) in [5.41, 5.74) is 6.40. The van der Waals surface area contributed by atoms with Gasteiger partial charge in [0.1, 0.15) is 24.0 Å². The zero-order chi connectivity index (χ0) is 20.7. The first-order chi connectivity index (χ1) is 13.3. The van der Waals surface area contributed by atoms with E-state index in [1.54, 1.807) is 44.2 Å². The number of phenolic OH excluding ortho intramolecular Hbond substituents is 2. The van der Waals surface area contributed by atoms with Crippen molar-refractivity contribution in [3.8, 4) is 17.2 Å². The molecule has 0 aliphatic rings. The topological polar surface area (TPSA) is 128 Å². The molecule has 4 N–H and O–H groups in total. The minimum Gasteiger partial charge on any atom is -0.504 e. The molecule has 0 aromatic heterocycles. The van der Waals surface area contributed by atoms with E-state index in [-0.39, 0.29) is 17.9 Å². The number of nitrogens with two attached hydrogens (primary N) is 1. The second kappa shape index (κ2) is 9.61. The predicted molar refractivity (Wildman–Crippen MR) is 100 cm³/mol. The predicted octanol–water partition coefficient (Wildman–Crippen LogP) is 2.50. The van der Waals surface area contributed by atoms with Crippen LogP contribution in [0.4, 0.5) is 4.79 Å². The molecule has 2 aromatic rings. The van der Waals surface area contributed by atoms with Crippen LogP contribution in [0.2, 0.25) is 0 Å². The SMILES string of the molecule is CC(OC(=O)Oc1ccccc1)[C@@H](C)OC(=O)[C@@H](N)Cc1ccc(O)c(O)c1. The van der Waals surface area contributed by atoms with Gasteiger partial charge < -0.3 is 30.2 Å². The minimum absolute atomic E-state index is 0.102. The molecule has 1 unspecified atom stereocenters. The summed E-state index contributed by atoms with van der Waals surface area (Å²) in [5.74, 6) is -0.914. The van der Waals surface area contributed by atoms with Crippen molar-refractivity contribution in [2.45, 2.75) is 38.5 Å². The molecular formula is C20H23NO7. The number of aromatic hydroxyl groups is 2. The standard InChI is InChI=1S/C20H23NO7/c1-12(13(2)27-20(25)28-15-6-4-3-5-7-15)26-19(24)16(21)10-14-8-9-17(22)18(23)11-14/h3-9,11-13,16,22-23H,10,21H2,1-2H3/t12-,13?,16+/m1/s1. The molecule has 0 heterocycles. The summed E-state index contributed by atoms with van der Waals surface area (Å²) in [6.45, 7) is 3.13. The maximum atomic E-state index is 12.2. The molecule has 150 valence electrons. The Kier molecular flexibility index (Phi) is 7.22. The van der Waals surface area contributed by atoms with Crippen LogP contribution in [0.5, 0.6) is 17.2 Å². The molecular weight excluding hydrogens is 366 g/mol. The molecule has 0 bridgehead atoms. The number of carbonyl (C=O) groups is 2. The van der Waals surface area contributed by atoms with Gasteiger partial charge in [-0.3, -0.25) is 4.79 Å². The van der Waals surface area contributed by atoms with Gasteiger partial charge in [-0.25, -0.2) is 4.79 Å². The second-order valence-electron chi connectivity index (χ2n) is 6.26. The van der Waals surface area contributed by atoms with E-state index in [9.17, 15) is 19.8 Å². The Morgan fingerprint density at radius 2 is 1.61 bits per heavy atom. The van der Waals surface area contributed by atoms with Gasteiger partial charge in [-0.05, 0) is 50.1 Å². The Bertz CT molecular complexity index is 809. The summed E-state index contributed by atoms with van der Waals surface area (Å²) < 4.78 is 15.4. The Balaban J connectivity index is 1.82. The first-order valence-electron chi connectivity index (χ1n) is 8.66. The third-order valence-corrected chi connectivity index (χ3v) is 3.99. The van der Waals surface area contributed by atoms with Crippen molar-refractivity contribution in [1.82, 2.24) is 0 Å². The molecule has 3 atom stereocenters. The van der Waals surface area contributed by atoms with Crippen LogP contribution in [0.3, 0.4) is 0 Å². The lowest BCUT2D eigenvalue weighted by Crippen LogP contribution is -2.39. The molecule has 0 amide bonds. The van der Waals surface area contributed by atoms with Crippen LogP contribution in [0.1, 0.15) is 19.4 Å². The van der Waals surface area contributed by atoms with Crippen molar-refractivity contribution in [3.05, 3.63) is 54.1 Å². The van der Waals surface area contributed by atoms with E-state index in [0.717, 1.165) is 0 Å². The van der Waals surface area contributed by atoms with Crippen molar-refractivity contribution >= 4 is 12.1 Å². The highest BCUT2D eigenvalue weighted by Crippen LogP contribution is 2.25. The number of ether oxygens (including phenoxy) is 3. The van der Waals surface area contributed by atoms with Gasteiger partial charge in [-0.1, -0.05) is 24.3 Å². The summed E-state index contributed by atoms with van der Waals surface area (Å²) >= 11 is 0. The van der Waals surface area contributed by atoms with Gasteiger partial charge in [-0.2, -0.15) is 0 Å². The largest absolute Gasteiger partial charge is 0.514 e. The first-order valence-corrected chi connectivity index (χ1v) is 8.66. The summed E-state index contributed by atoms with van der Waals surface area (Å²) in [6.07, 6.45) is -2.32. The number of benzene rings is 2. The second-order valence-corrected chi connectivity index (χ2v) is 6.26. The van der Waals surface area contributed by atoms with Gasteiger partial charge in [0.05, 0.1) is 0 Å². The number of hydrogen-bond donors (Lipinski definition) is 3. The van der Waals surface area contributed by atoms with Gasteiger partial charge in [0.2, 0.25) is 0 Å². The fourth-order valence-corrected chi connectivity index (χ4v) is 2.26. The quantitative estimate of drug-likeness (QED) is 0.374. The fourth-order valence-electron chi connectivity index (χ4n) is 2.26. The normalized spacial score (nSPS) is 13.8. The van der Waals surface area contributed by atoms with Crippen LogP contribution < -0.4 is 10.5 Å². The molecule has 0 spiro atoms. The molecule has 0 fully saturated rings. The number of para-hydroxylation sites is 1. The molecule has 0 aliphatic heterocycles. The molecule has 0 saturated carbocycles. The molecule has 2 aromatic carbocycles. The van der Waals surface area contributed by atoms with Gasteiger partial charge >= 0.3 is 12.1 Å². The zero-order valence-corrected chi connectivity index (χ0v) is 15.6. The zero-order valence-electron chi connectivity index (χ0n) is 15.6. The number of carbonyl (C=O) groups excluding carboxylic acids is 2. The van der Waals surface area contributed by atoms with Gasteiger partial charge in [0.15, 0.2) is 11.5 Å². The molecule has 0 aliphatic carbocycles. The maximum absolute atomic E-state index is 12.2. The monoisotopic (exact) mass is 389 g/mol. The van der Waals surface area contributed by atoms with Crippen LogP contribution in [0.15, 0.2) is 48.5 Å². The van der Waals surface area contributed by atoms with Crippen molar-refractivity contribution in [1.29, 1.82) is 0 Å². The summed E-state index contributed by atoms with van der Waals surface area (Å²) in [7, 11) is 0. The highest BCUT2D eigenvalue weighted by molar-refractivity contribution is 5.76. The van der Waals surface area contributed by atoms with E-state index in [0.29, 0.717) is 11.3 Å². The number of esters is 1. The Morgan fingerprint density at radius 1 is 0.964 bits per heavy atom. The summed E-state index contributed by atoms with van der Waals surface area (Å²) in [5, 5.41) is 18.8. The maximum Gasteiger partial charge on any atom is 0.514 e. The lowest BCUT2D eigenvalue weighted by molar-refractivity contribution is -0.155. The highest BCUT2D eigenvalue weighted by atomic mass is 16.7. The van der Waals surface area contributed by atoms with Crippen molar-refractivity contribution in [3.63, 3.8) is 0 Å². The van der Waals surface area contributed by atoms with Crippen LogP contribution in [0.25, 0.3) is 0 Å². The van der Waals surface area contributed by atoms with Gasteiger partial charge in [0.25, 0.3) is 0 Å². The number of rotatable bonds is 7. The van der Waals surface area contributed by atoms with Crippen LogP contribution in [-0.4, -0.2) is 40.6 Å². The molecule has 0 saturated heterocycles. The van der Waals surface area contributed by atoms with E-state index in [2.05, 4.69) is 0 Å². The number of hydrogen-bond acceptors (Lipinski definition) is 8. The molecule has 8 nitrogen and oxygen atoms in total. The summed E-state index contributed by atoms with van der Waals surface area (Å²) in [6, 6.07) is 11.6. The fraction of sp³-hybridized carbons (Fsp3) is 0.300. The lowest BCUT2D eigenvalue weighted by atomic mass is 10.1. The molecule has 0 radical (unpaired) electrons. The highest BCUT2D eigenvalue weighted by Gasteiger charge is 2.25. The smallest absolute Gasteiger partial charge is 0.504 e. The molecule has 2 rings (SSSR count). The lowest BCUT2D eigenvalue weighted by Gasteiger charge is -2.22. The van der Waals surface area contributed by atoms with E-state index in [1.807, 2.05) is 0 Å². The Labute approximate surface area is 162 Å². The minimum atomic E-state index is -0.991. The van der Waals surface area contributed by atoms with E-state index in [4.69, 9.17) is 19.9 Å². The first kappa shape index (κ1) is 21.0. The van der Waals surface area contributed by atoms with E-state index < -0.39 is 30.4 Å². The van der Waals surface area contributed by atoms with Crippen LogP contribution >= 0.6 is 0 Å². The average molecular weight is 389 g/mol. The third kappa shape index (κ3) is 6.17. The third-order valence-electron chi connectivity index (χ3n) is 3.99. The molecule has 28 heavy (non-hydrogen) atoms. The van der Waals surface area contributed by atoms with Crippen molar-refractivity contribution < 1.29 is 34.0 Å². The van der Waals surface area contributed by atoms with E-state index >= 15 is 0 Å². The van der Waals surface area contributed by atoms with Crippen LogP contribution in [-0.2, 0) is 20.7 Å². The number of phenols is 2. The van der Waals surface area contributed by atoms with Crippen molar-refractivity contribution in [2.75, 3.05) is 0 Å². The van der Waals surface area contributed by atoms with Gasteiger partial charge in [-0.15, -0.1) is 0 Å². The van der Waals surface area contributed by atoms with Crippen molar-refractivity contribution in [2.24, 2.45) is 5.73 Å². The summed E-state index contributed by atoms with van der Waals surface area (Å²) in [4.78, 5) is 24.0. The molecule has 8 heteroatoms. The Hall–Kier alpha value is -3.26.